The SMILES string of the molecule is O=CC1CCCC[C@@H]1C=O. The van der Waals surface area contributed by atoms with Crippen LogP contribution in [0.5, 0.6) is 0 Å². The van der Waals surface area contributed by atoms with Gasteiger partial charge < -0.3 is 9.59 Å². The predicted molar refractivity (Wildman–Crippen MR) is 37.6 cm³/mol. The van der Waals surface area contributed by atoms with Crippen molar-refractivity contribution in [3.8, 4) is 0 Å². The molecular formula is C8H12O2. The molecule has 1 unspecified atom stereocenters. The van der Waals surface area contributed by atoms with Crippen LogP contribution >= 0.6 is 0 Å². The fourth-order valence-electron chi connectivity index (χ4n) is 1.53. The summed E-state index contributed by atoms with van der Waals surface area (Å²) in [5.74, 6) is 0.0394. The predicted octanol–water partition coefficient (Wildman–Crippen LogP) is 1.19. The lowest BCUT2D eigenvalue weighted by Crippen LogP contribution is -2.21. The van der Waals surface area contributed by atoms with Gasteiger partial charge in [0.1, 0.15) is 12.6 Å². The highest BCUT2D eigenvalue weighted by molar-refractivity contribution is 5.64. The summed E-state index contributed by atoms with van der Waals surface area (Å²) in [6, 6.07) is 0. The summed E-state index contributed by atoms with van der Waals surface area (Å²) in [5.41, 5.74) is 0. The lowest BCUT2D eigenvalue weighted by molar-refractivity contribution is -0.120. The lowest BCUT2D eigenvalue weighted by Gasteiger charge is -2.22. The van der Waals surface area contributed by atoms with E-state index < -0.39 is 0 Å². The maximum absolute atomic E-state index is 10.4. The molecule has 0 saturated heterocycles. The number of aldehydes is 2. The van der Waals surface area contributed by atoms with Gasteiger partial charge in [0.05, 0.1) is 0 Å². The quantitative estimate of drug-likeness (QED) is 0.540. The molecule has 0 amide bonds. The second kappa shape index (κ2) is 3.49. The molecule has 1 aliphatic rings. The first-order valence-corrected chi connectivity index (χ1v) is 3.79. The molecule has 0 aromatic rings. The minimum Gasteiger partial charge on any atom is -0.303 e. The van der Waals surface area contributed by atoms with Gasteiger partial charge in [-0.25, -0.2) is 0 Å². The molecule has 2 heteroatoms. The summed E-state index contributed by atoms with van der Waals surface area (Å²) in [4.78, 5) is 20.7. The highest BCUT2D eigenvalue weighted by Crippen LogP contribution is 2.26. The monoisotopic (exact) mass is 140 g/mol. The molecule has 0 aromatic carbocycles. The zero-order valence-electron chi connectivity index (χ0n) is 5.95. The fourth-order valence-corrected chi connectivity index (χ4v) is 1.53. The van der Waals surface area contributed by atoms with Crippen molar-refractivity contribution in [2.45, 2.75) is 25.7 Å². The molecule has 0 aromatic heterocycles. The topological polar surface area (TPSA) is 34.1 Å². The van der Waals surface area contributed by atoms with Crippen LogP contribution in [0.2, 0.25) is 0 Å². The Balaban J connectivity index is 2.49. The number of rotatable bonds is 2. The van der Waals surface area contributed by atoms with Crippen LogP contribution in [-0.2, 0) is 9.59 Å². The Kier molecular flexibility index (Phi) is 2.60. The summed E-state index contributed by atoms with van der Waals surface area (Å²) in [6.45, 7) is 0. The Hall–Kier alpha value is -0.660. The Bertz CT molecular complexity index is 115. The largest absolute Gasteiger partial charge is 0.303 e. The third kappa shape index (κ3) is 1.43. The molecule has 0 radical (unpaired) electrons. The fraction of sp³-hybridized carbons (Fsp3) is 0.750. The van der Waals surface area contributed by atoms with Crippen molar-refractivity contribution < 1.29 is 9.59 Å². The Morgan fingerprint density at radius 2 is 1.30 bits per heavy atom. The Labute approximate surface area is 60.6 Å². The van der Waals surface area contributed by atoms with E-state index >= 15 is 0 Å². The normalized spacial score (nSPS) is 33.2. The van der Waals surface area contributed by atoms with Crippen LogP contribution < -0.4 is 0 Å². The van der Waals surface area contributed by atoms with Crippen LogP contribution in [0, 0.1) is 11.8 Å². The van der Waals surface area contributed by atoms with E-state index in [4.69, 9.17) is 0 Å². The van der Waals surface area contributed by atoms with E-state index in [1.165, 1.54) is 0 Å². The Morgan fingerprint density at radius 1 is 0.900 bits per heavy atom. The molecule has 2 atom stereocenters. The van der Waals surface area contributed by atoms with E-state index in [-0.39, 0.29) is 11.8 Å². The first-order chi connectivity index (χ1) is 4.88. The van der Waals surface area contributed by atoms with E-state index in [1.54, 1.807) is 0 Å². The van der Waals surface area contributed by atoms with Crippen LogP contribution in [0.3, 0.4) is 0 Å². The molecule has 10 heavy (non-hydrogen) atoms. The van der Waals surface area contributed by atoms with Gasteiger partial charge in [-0.05, 0) is 12.8 Å². The van der Waals surface area contributed by atoms with Crippen molar-refractivity contribution in [3.05, 3.63) is 0 Å². The average Bonchev–Trinajstić information content (AvgIpc) is 2.04. The minimum absolute atomic E-state index is 0.0197. The lowest BCUT2D eigenvalue weighted by atomic mass is 9.81. The number of hydrogen-bond donors (Lipinski definition) is 0. The minimum atomic E-state index is 0.0197. The summed E-state index contributed by atoms with van der Waals surface area (Å²) < 4.78 is 0. The molecule has 56 valence electrons. The molecule has 1 saturated carbocycles. The van der Waals surface area contributed by atoms with Crippen molar-refractivity contribution in [1.29, 1.82) is 0 Å². The van der Waals surface area contributed by atoms with Gasteiger partial charge in [0.15, 0.2) is 0 Å². The highest BCUT2D eigenvalue weighted by atomic mass is 16.1. The molecule has 0 heterocycles. The standard InChI is InChI=1S/C8H12O2/c9-5-7-3-1-2-4-8(7)6-10/h5-8H,1-4H2/t7-,8?/m1/s1. The molecule has 0 bridgehead atoms. The van der Waals surface area contributed by atoms with Crippen LogP contribution in [-0.4, -0.2) is 12.6 Å². The summed E-state index contributed by atoms with van der Waals surface area (Å²) in [5, 5.41) is 0. The molecule has 0 aliphatic heterocycles. The zero-order valence-corrected chi connectivity index (χ0v) is 5.95. The molecular weight excluding hydrogens is 128 g/mol. The average molecular weight is 140 g/mol. The van der Waals surface area contributed by atoms with Crippen LogP contribution in [0.15, 0.2) is 0 Å². The molecule has 1 aliphatic carbocycles. The van der Waals surface area contributed by atoms with Crippen molar-refractivity contribution in [3.63, 3.8) is 0 Å². The number of carbonyl (C=O) groups is 2. The van der Waals surface area contributed by atoms with Crippen molar-refractivity contribution >= 4 is 12.6 Å². The highest BCUT2D eigenvalue weighted by Gasteiger charge is 2.23. The first kappa shape index (κ1) is 7.45. The van der Waals surface area contributed by atoms with Gasteiger partial charge in [-0.1, -0.05) is 12.8 Å². The summed E-state index contributed by atoms with van der Waals surface area (Å²) in [7, 11) is 0. The smallest absolute Gasteiger partial charge is 0.123 e. The second-order valence-electron chi connectivity index (χ2n) is 2.88. The molecule has 1 fully saturated rings. The van der Waals surface area contributed by atoms with E-state index in [9.17, 15) is 9.59 Å². The molecule has 1 rings (SSSR count). The molecule has 0 spiro atoms. The Morgan fingerprint density at radius 3 is 1.60 bits per heavy atom. The summed E-state index contributed by atoms with van der Waals surface area (Å²) in [6.07, 6.45) is 5.89. The van der Waals surface area contributed by atoms with Crippen LogP contribution in [0.4, 0.5) is 0 Å². The van der Waals surface area contributed by atoms with Crippen molar-refractivity contribution in [1.82, 2.24) is 0 Å². The van der Waals surface area contributed by atoms with E-state index in [2.05, 4.69) is 0 Å². The molecule has 2 nitrogen and oxygen atoms in total. The zero-order chi connectivity index (χ0) is 7.40. The second-order valence-corrected chi connectivity index (χ2v) is 2.88. The van der Waals surface area contributed by atoms with Gasteiger partial charge in [0, 0.05) is 11.8 Å². The van der Waals surface area contributed by atoms with Gasteiger partial charge in [-0.3, -0.25) is 0 Å². The van der Waals surface area contributed by atoms with Gasteiger partial charge in [0.2, 0.25) is 0 Å². The maximum atomic E-state index is 10.4. The summed E-state index contributed by atoms with van der Waals surface area (Å²) >= 11 is 0. The van der Waals surface area contributed by atoms with Gasteiger partial charge >= 0.3 is 0 Å². The van der Waals surface area contributed by atoms with Gasteiger partial charge in [-0.15, -0.1) is 0 Å². The molecule has 0 N–H and O–H groups in total. The van der Waals surface area contributed by atoms with Crippen molar-refractivity contribution in [2.24, 2.45) is 11.8 Å². The number of hydrogen-bond acceptors (Lipinski definition) is 2. The van der Waals surface area contributed by atoms with Crippen LogP contribution in [0.25, 0.3) is 0 Å². The third-order valence-electron chi connectivity index (χ3n) is 2.22. The number of carbonyl (C=O) groups excluding carboxylic acids is 2. The van der Waals surface area contributed by atoms with Crippen molar-refractivity contribution in [2.75, 3.05) is 0 Å². The third-order valence-corrected chi connectivity index (χ3v) is 2.22. The van der Waals surface area contributed by atoms with E-state index in [0.717, 1.165) is 38.3 Å². The maximum Gasteiger partial charge on any atom is 0.123 e. The van der Waals surface area contributed by atoms with E-state index in [0.29, 0.717) is 0 Å². The van der Waals surface area contributed by atoms with Crippen LogP contribution in [0.1, 0.15) is 25.7 Å². The first-order valence-electron chi connectivity index (χ1n) is 3.79. The van der Waals surface area contributed by atoms with Gasteiger partial charge in [-0.2, -0.15) is 0 Å². The van der Waals surface area contributed by atoms with E-state index in [1.807, 2.05) is 0 Å². The van der Waals surface area contributed by atoms with Gasteiger partial charge in [0.25, 0.3) is 0 Å².